The summed E-state index contributed by atoms with van der Waals surface area (Å²) < 4.78 is 10.9. The molecule has 2 saturated heterocycles. The maximum atomic E-state index is 12.8. The van der Waals surface area contributed by atoms with Crippen LogP contribution in [-0.4, -0.2) is 104 Å². The zero-order valence-electron chi connectivity index (χ0n) is 33.3. The molecular weight excluding hydrogens is 768 g/mol. The minimum Gasteiger partial charge on any atom is -0.514 e. The number of aliphatic hydroxyl groups is 1. The van der Waals surface area contributed by atoms with Gasteiger partial charge in [-0.15, -0.1) is 5.06 Å². The summed E-state index contributed by atoms with van der Waals surface area (Å²) in [6.45, 7) is 7.78. The highest BCUT2D eigenvalue weighted by Gasteiger charge is 2.51. The van der Waals surface area contributed by atoms with Crippen LogP contribution in [-0.2, 0) is 49.5 Å². The Labute approximate surface area is 342 Å². The molecule has 0 spiro atoms. The van der Waals surface area contributed by atoms with E-state index in [1.807, 2.05) is 6.92 Å². The first-order valence-electron chi connectivity index (χ1n) is 19.5. The lowest BCUT2D eigenvalue weighted by Gasteiger charge is -2.34. The Balaban J connectivity index is 1.15. The van der Waals surface area contributed by atoms with Gasteiger partial charge in [0.05, 0.1) is 37.7 Å². The van der Waals surface area contributed by atoms with Crippen LogP contribution in [0.25, 0.3) is 0 Å². The Bertz CT molecular complexity index is 1750. The maximum Gasteiger partial charge on any atom is 0.363 e. The minimum absolute atomic E-state index is 0.0908. The number of aliphatic hydroxyl groups excluding tert-OH is 1. The second-order valence-electron chi connectivity index (χ2n) is 13.5. The Kier molecular flexibility index (Phi) is 20.2. The van der Waals surface area contributed by atoms with Gasteiger partial charge >= 0.3 is 12.0 Å². The highest BCUT2D eigenvalue weighted by atomic mass is 16.7. The monoisotopic (exact) mass is 822 g/mol. The summed E-state index contributed by atoms with van der Waals surface area (Å²) in [4.78, 5) is 103. The molecule has 0 atom stereocenters. The van der Waals surface area contributed by atoms with Gasteiger partial charge < -0.3 is 35.4 Å². The van der Waals surface area contributed by atoms with E-state index in [9.17, 15) is 43.5 Å². The predicted molar refractivity (Wildman–Crippen MR) is 213 cm³/mol. The molecule has 0 radical (unpaired) electrons. The predicted octanol–water partition coefficient (Wildman–Crippen LogP) is 2.48. The lowest BCUT2D eigenvalue weighted by Crippen LogP contribution is -2.62. The summed E-state index contributed by atoms with van der Waals surface area (Å²) in [5.41, 5.74) is -0.133. The van der Waals surface area contributed by atoms with Crippen molar-refractivity contribution in [1.29, 1.82) is 0 Å². The molecule has 2 heterocycles. The van der Waals surface area contributed by atoms with Crippen molar-refractivity contribution >= 4 is 47.4 Å². The van der Waals surface area contributed by atoms with Gasteiger partial charge in [-0.1, -0.05) is 43.0 Å². The van der Waals surface area contributed by atoms with E-state index < -0.39 is 35.1 Å². The standard InChI is InChI=1S/C41H54N6O12/c1-3-4-5-9-29(2)41(38(54)45-40(56)46-39(41)55)20-6-7-21-42-33(49)10-8-11-34(50)43-22-24-57-26-27-58-25-23-44-35(51)18-14-30-12-15-31(16-13-30)37(53)59-47-32(28-48)17-19-36(47)52/h3-5,9,12-13,15-16,28,48H,2,6-8,10-11,14,17-27H2,1H3,(H,42,49)(H,43,50)(H,44,51)(H2,45,46,54,55,56)/b4-3-,9-5-,32-28?. The maximum absolute atomic E-state index is 12.8. The number of aryl methyl sites for hydroxylation is 1. The van der Waals surface area contributed by atoms with E-state index in [4.69, 9.17) is 14.3 Å². The number of benzene rings is 1. The van der Waals surface area contributed by atoms with Gasteiger partial charge in [-0.2, -0.15) is 0 Å². The number of nitrogens with zero attached hydrogens (tertiary/aromatic N) is 1. The zero-order valence-corrected chi connectivity index (χ0v) is 33.3. The van der Waals surface area contributed by atoms with Crippen molar-refractivity contribution < 1.29 is 57.8 Å². The third-order valence-corrected chi connectivity index (χ3v) is 9.23. The number of rotatable bonds is 26. The fourth-order valence-electron chi connectivity index (χ4n) is 5.95. The third-order valence-electron chi connectivity index (χ3n) is 9.23. The van der Waals surface area contributed by atoms with E-state index in [0.717, 1.165) is 16.9 Å². The number of hydrogen-bond donors (Lipinski definition) is 6. The van der Waals surface area contributed by atoms with Gasteiger partial charge in [-0.25, -0.2) is 9.59 Å². The van der Waals surface area contributed by atoms with Crippen molar-refractivity contribution in [3.8, 4) is 0 Å². The molecule has 18 heteroatoms. The topological polar surface area (TPSA) is 248 Å². The highest BCUT2D eigenvalue weighted by Crippen LogP contribution is 2.36. The van der Waals surface area contributed by atoms with Crippen molar-refractivity contribution in [2.45, 2.75) is 71.1 Å². The fraction of sp³-hybridized carbons (Fsp3) is 0.463. The number of hydrogen-bond acceptors (Lipinski definition) is 12. The van der Waals surface area contributed by atoms with E-state index in [-0.39, 0.29) is 86.3 Å². The fourth-order valence-corrected chi connectivity index (χ4v) is 5.95. The average molecular weight is 823 g/mol. The van der Waals surface area contributed by atoms with Crippen molar-refractivity contribution in [3.05, 3.63) is 83.8 Å². The number of carbonyl (C=O) groups excluding carboxylic acids is 8. The van der Waals surface area contributed by atoms with Gasteiger partial charge in [-0.3, -0.25) is 39.4 Å². The van der Waals surface area contributed by atoms with E-state index in [1.165, 1.54) is 0 Å². The Morgan fingerprint density at radius 2 is 1.39 bits per heavy atom. The molecule has 0 saturated carbocycles. The largest absolute Gasteiger partial charge is 0.514 e. The molecule has 8 amide bonds. The quantitative estimate of drug-likeness (QED) is 0.0342. The van der Waals surface area contributed by atoms with Gasteiger partial charge in [0.2, 0.25) is 29.5 Å². The molecule has 0 aromatic heterocycles. The number of allylic oxidation sites excluding steroid dienone is 5. The van der Waals surface area contributed by atoms with Crippen LogP contribution in [0, 0.1) is 5.41 Å². The molecule has 2 fully saturated rings. The lowest BCUT2D eigenvalue weighted by atomic mass is 9.73. The molecule has 3 rings (SSSR count). The van der Waals surface area contributed by atoms with Crippen molar-refractivity contribution in [2.24, 2.45) is 5.41 Å². The number of hydroxylamine groups is 2. The number of imide groups is 2. The molecule has 59 heavy (non-hydrogen) atoms. The molecule has 6 N–H and O–H groups in total. The van der Waals surface area contributed by atoms with Gasteiger partial charge in [0.25, 0.3) is 5.91 Å². The minimum atomic E-state index is -1.64. The van der Waals surface area contributed by atoms with Crippen LogP contribution in [0.3, 0.4) is 0 Å². The van der Waals surface area contributed by atoms with Gasteiger partial charge in [-0.05, 0) is 62.3 Å². The SMILES string of the molecule is C=C(/C=C\C=C/C)C1(CCCCNC(=O)CCCC(=O)NCCOCCOCCNC(=O)CCc2ccc(C(=O)ON3C(=O)CCC3=CO)cc2)C(=O)NC(=O)NC1=O. The second-order valence-corrected chi connectivity index (χ2v) is 13.5. The smallest absolute Gasteiger partial charge is 0.363 e. The number of ether oxygens (including phenoxy) is 2. The van der Waals surface area contributed by atoms with E-state index in [0.29, 0.717) is 58.5 Å². The molecule has 0 unspecified atom stereocenters. The van der Waals surface area contributed by atoms with Crippen LogP contribution in [0.15, 0.2) is 72.7 Å². The van der Waals surface area contributed by atoms with Crippen molar-refractivity contribution in [1.82, 2.24) is 31.6 Å². The molecule has 0 aliphatic carbocycles. The van der Waals surface area contributed by atoms with Crippen molar-refractivity contribution in [3.63, 3.8) is 0 Å². The molecule has 0 bridgehead atoms. The lowest BCUT2D eigenvalue weighted by molar-refractivity contribution is -0.153. The summed E-state index contributed by atoms with van der Waals surface area (Å²) in [6.07, 6.45) is 10.2. The Morgan fingerprint density at radius 3 is 1.98 bits per heavy atom. The molecule has 18 nitrogen and oxygen atoms in total. The van der Waals surface area contributed by atoms with Gasteiger partial charge in [0, 0.05) is 51.7 Å². The van der Waals surface area contributed by atoms with Gasteiger partial charge in [0.15, 0.2) is 5.41 Å². The number of nitrogens with one attached hydrogen (secondary N) is 5. The summed E-state index contributed by atoms with van der Waals surface area (Å²) in [6, 6.07) is 5.59. The molecule has 1 aromatic rings. The summed E-state index contributed by atoms with van der Waals surface area (Å²) in [7, 11) is 0. The summed E-state index contributed by atoms with van der Waals surface area (Å²) in [5, 5.41) is 22.6. The summed E-state index contributed by atoms with van der Waals surface area (Å²) in [5.74, 6) is -3.24. The molecule has 2 aliphatic rings. The van der Waals surface area contributed by atoms with Crippen LogP contribution in [0.1, 0.15) is 80.6 Å². The normalized spacial score (nSPS) is 15.7. The van der Waals surface area contributed by atoms with Crippen LogP contribution in [0.4, 0.5) is 4.79 Å². The second kappa shape index (κ2) is 25.3. The van der Waals surface area contributed by atoms with E-state index in [1.54, 1.807) is 48.6 Å². The van der Waals surface area contributed by atoms with Crippen LogP contribution in [0.5, 0.6) is 0 Å². The molecule has 1 aromatic carbocycles. The first kappa shape index (κ1) is 47.2. The third kappa shape index (κ3) is 15.6. The number of barbiturate groups is 1. The average Bonchev–Trinajstić information content (AvgIpc) is 3.56. The first-order valence-corrected chi connectivity index (χ1v) is 19.5. The van der Waals surface area contributed by atoms with Crippen LogP contribution in [0.2, 0.25) is 0 Å². The highest BCUT2D eigenvalue weighted by molar-refractivity contribution is 6.21. The van der Waals surface area contributed by atoms with Gasteiger partial charge in [0.1, 0.15) is 6.26 Å². The zero-order chi connectivity index (χ0) is 43.0. The number of carbonyl (C=O) groups is 8. The van der Waals surface area contributed by atoms with Crippen LogP contribution < -0.4 is 26.6 Å². The Hall–Kier alpha value is -6.14. The summed E-state index contributed by atoms with van der Waals surface area (Å²) >= 11 is 0. The van der Waals surface area contributed by atoms with Crippen LogP contribution >= 0.6 is 0 Å². The number of unbranched alkanes of at least 4 members (excludes halogenated alkanes) is 1. The van der Waals surface area contributed by atoms with E-state index >= 15 is 0 Å². The number of urea groups is 1. The molecule has 320 valence electrons. The molecule has 2 aliphatic heterocycles. The van der Waals surface area contributed by atoms with Crippen molar-refractivity contribution in [2.75, 3.05) is 46.1 Å². The van der Waals surface area contributed by atoms with E-state index in [2.05, 4.69) is 33.2 Å². The molecular formula is C41H54N6O12. The number of amides is 8. The first-order chi connectivity index (χ1) is 28.4. The Morgan fingerprint density at radius 1 is 0.797 bits per heavy atom.